The van der Waals surface area contributed by atoms with Crippen LogP contribution < -0.4 is 10.2 Å². The first-order valence-corrected chi connectivity index (χ1v) is 8.69. The molecule has 1 aromatic heterocycles. The molecule has 1 amide bonds. The molecule has 1 N–H and O–H groups in total. The third-order valence-corrected chi connectivity index (χ3v) is 4.80. The van der Waals surface area contributed by atoms with Crippen molar-refractivity contribution in [1.29, 1.82) is 0 Å². The van der Waals surface area contributed by atoms with Crippen molar-refractivity contribution in [3.8, 4) is 0 Å². The quantitative estimate of drug-likeness (QED) is 0.870. The topological polar surface area (TPSA) is 45.2 Å². The molecule has 0 spiro atoms. The number of para-hydroxylation sites is 1. The molecule has 1 unspecified atom stereocenters. The Morgan fingerprint density at radius 2 is 2.17 bits per heavy atom. The minimum atomic E-state index is -0.120. The van der Waals surface area contributed by atoms with Crippen LogP contribution in [0.5, 0.6) is 0 Å². The summed E-state index contributed by atoms with van der Waals surface area (Å²) >= 11 is 3.45. The van der Waals surface area contributed by atoms with E-state index in [1.54, 1.807) is 12.3 Å². The Morgan fingerprint density at radius 1 is 1.35 bits per heavy atom. The van der Waals surface area contributed by atoms with Crippen molar-refractivity contribution < 1.29 is 4.79 Å². The van der Waals surface area contributed by atoms with Crippen LogP contribution in [0.15, 0.2) is 47.1 Å². The first-order valence-electron chi connectivity index (χ1n) is 7.90. The third kappa shape index (κ3) is 3.91. The van der Waals surface area contributed by atoms with Crippen LogP contribution in [0.4, 0.5) is 11.5 Å². The van der Waals surface area contributed by atoms with Gasteiger partial charge in [0.1, 0.15) is 5.82 Å². The molecule has 120 valence electrons. The summed E-state index contributed by atoms with van der Waals surface area (Å²) in [5.41, 5.74) is 1.39. The number of rotatable bonds is 3. The third-order valence-electron chi connectivity index (χ3n) is 4.11. The second-order valence-corrected chi connectivity index (χ2v) is 6.88. The fourth-order valence-electron chi connectivity index (χ4n) is 2.89. The van der Waals surface area contributed by atoms with E-state index in [-0.39, 0.29) is 5.91 Å². The molecule has 1 aromatic carbocycles. The van der Waals surface area contributed by atoms with E-state index in [9.17, 15) is 4.79 Å². The number of aromatic nitrogens is 1. The van der Waals surface area contributed by atoms with Gasteiger partial charge in [-0.1, -0.05) is 19.1 Å². The molecule has 1 aliphatic heterocycles. The summed E-state index contributed by atoms with van der Waals surface area (Å²) in [6.07, 6.45) is 4.15. The second-order valence-electron chi connectivity index (χ2n) is 6.03. The molecule has 23 heavy (non-hydrogen) atoms. The summed E-state index contributed by atoms with van der Waals surface area (Å²) in [6.45, 7) is 4.27. The van der Waals surface area contributed by atoms with Crippen molar-refractivity contribution in [3.05, 3.63) is 52.6 Å². The van der Waals surface area contributed by atoms with Gasteiger partial charge in [0.15, 0.2) is 0 Å². The molecule has 2 aromatic rings. The smallest absolute Gasteiger partial charge is 0.255 e. The largest absolute Gasteiger partial charge is 0.356 e. The predicted octanol–water partition coefficient (Wildman–Crippen LogP) is 4.33. The summed E-state index contributed by atoms with van der Waals surface area (Å²) in [4.78, 5) is 19.2. The lowest BCUT2D eigenvalue weighted by atomic mass is 10.0. The average Bonchev–Trinajstić information content (AvgIpc) is 2.57. The molecule has 5 heteroatoms. The van der Waals surface area contributed by atoms with E-state index < -0.39 is 0 Å². The highest BCUT2D eigenvalue weighted by Crippen LogP contribution is 2.24. The number of carbonyl (C=O) groups is 1. The van der Waals surface area contributed by atoms with Crippen LogP contribution >= 0.6 is 15.9 Å². The predicted molar refractivity (Wildman–Crippen MR) is 96.9 cm³/mol. The highest BCUT2D eigenvalue weighted by molar-refractivity contribution is 9.10. The molecule has 1 saturated heterocycles. The molecule has 0 radical (unpaired) electrons. The zero-order valence-corrected chi connectivity index (χ0v) is 14.7. The number of hydrogen-bond donors (Lipinski definition) is 1. The summed E-state index contributed by atoms with van der Waals surface area (Å²) in [5.74, 6) is 1.44. The van der Waals surface area contributed by atoms with Crippen molar-refractivity contribution in [2.24, 2.45) is 5.92 Å². The fourth-order valence-corrected chi connectivity index (χ4v) is 3.27. The van der Waals surface area contributed by atoms with Gasteiger partial charge in [0.05, 0.1) is 5.69 Å². The van der Waals surface area contributed by atoms with Crippen LogP contribution in [-0.4, -0.2) is 24.0 Å². The first kappa shape index (κ1) is 16.0. The molecule has 1 aliphatic rings. The number of benzene rings is 1. The summed E-state index contributed by atoms with van der Waals surface area (Å²) in [7, 11) is 0. The van der Waals surface area contributed by atoms with Crippen LogP contribution in [-0.2, 0) is 0 Å². The lowest BCUT2D eigenvalue weighted by molar-refractivity contribution is 0.102. The van der Waals surface area contributed by atoms with Crippen molar-refractivity contribution in [1.82, 2.24) is 4.98 Å². The van der Waals surface area contributed by atoms with Gasteiger partial charge in [-0.25, -0.2) is 4.98 Å². The van der Waals surface area contributed by atoms with E-state index in [0.717, 1.165) is 29.1 Å². The minimum absolute atomic E-state index is 0.120. The number of anilines is 2. The molecule has 0 aliphatic carbocycles. The Balaban J connectivity index is 1.76. The maximum Gasteiger partial charge on any atom is 0.255 e. The van der Waals surface area contributed by atoms with Gasteiger partial charge >= 0.3 is 0 Å². The van der Waals surface area contributed by atoms with Gasteiger partial charge in [0.25, 0.3) is 5.91 Å². The normalized spacial score (nSPS) is 17.8. The Labute approximate surface area is 145 Å². The van der Waals surface area contributed by atoms with Crippen molar-refractivity contribution in [2.45, 2.75) is 19.8 Å². The lowest BCUT2D eigenvalue weighted by Gasteiger charge is -2.31. The maximum atomic E-state index is 12.5. The van der Waals surface area contributed by atoms with E-state index in [4.69, 9.17) is 0 Å². The highest BCUT2D eigenvalue weighted by atomic mass is 79.9. The standard InChI is InChI=1S/C18H20BrN3O/c1-13-5-4-10-22(12-13)17-11-14(8-9-20-17)18(23)21-16-7-3-2-6-15(16)19/h2-3,6-9,11,13H,4-5,10,12H2,1H3,(H,21,23). The summed E-state index contributed by atoms with van der Waals surface area (Å²) < 4.78 is 0.868. The maximum absolute atomic E-state index is 12.5. The first-order chi connectivity index (χ1) is 11.1. The van der Waals surface area contributed by atoms with E-state index in [0.29, 0.717) is 11.5 Å². The van der Waals surface area contributed by atoms with Crippen molar-refractivity contribution >= 4 is 33.3 Å². The number of nitrogens with zero attached hydrogens (tertiary/aromatic N) is 2. The molecule has 4 nitrogen and oxygen atoms in total. The average molecular weight is 374 g/mol. The number of pyridine rings is 1. The number of halogens is 1. The van der Waals surface area contributed by atoms with Crippen molar-refractivity contribution in [3.63, 3.8) is 0 Å². The van der Waals surface area contributed by atoms with Gasteiger partial charge in [-0.2, -0.15) is 0 Å². The van der Waals surface area contributed by atoms with Crippen LogP contribution in [0, 0.1) is 5.92 Å². The van der Waals surface area contributed by atoms with Crippen LogP contribution in [0.2, 0.25) is 0 Å². The zero-order chi connectivity index (χ0) is 16.2. The Hall–Kier alpha value is -1.88. The van der Waals surface area contributed by atoms with E-state index in [1.165, 1.54) is 12.8 Å². The number of carbonyl (C=O) groups excluding carboxylic acids is 1. The van der Waals surface area contributed by atoms with Gasteiger partial charge in [-0.15, -0.1) is 0 Å². The summed E-state index contributed by atoms with van der Waals surface area (Å²) in [5, 5.41) is 2.93. The van der Waals surface area contributed by atoms with Gasteiger partial charge in [-0.3, -0.25) is 4.79 Å². The van der Waals surface area contributed by atoms with E-state index in [2.05, 4.69) is 38.1 Å². The molecular formula is C18H20BrN3O. The van der Waals surface area contributed by atoms with Crippen molar-refractivity contribution in [2.75, 3.05) is 23.3 Å². The minimum Gasteiger partial charge on any atom is -0.356 e. The van der Waals surface area contributed by atoms with Gasteiger partial charge < -0.3 is 10.2 Å². The van der Waals surface area contributed by atoms with Crippen LogP contribution in [0.25, 0.3) is 0 Å². The number of amides is 1. The van der Waals surface area contributed by atoms with E-state index >= 15 is 0 Å². The Morgan fingerprint density at radius 3 is 2.96 bits per heavy atom. The molecule has 2 heterocycles. The number of hydrogen-bond acceptors (Lipinski definition) is 3. The Kier molecular flexibility index (Phi) is 4.96. The van der Waals surface area contributed by atoms with E-state index in [1.807, 2.05) is 30.3 Å². The van der Waals surface area contributed by atoms with Crippen LogP contribution in [0.1, 0.15) is 30.1 Å². The van der Waals surface area contributed by atoms with Gasteiger partial charge in [-0.05, 0) is 59.0 Å². The molecule has 3 rings (SSSR count). The van der Waals surface area contributed by atoms with Gasteiger partial charge in [0.2, 0.25) is 0 Å². The molecule has 0 bridgehead atoms. The highest BCUT2D eigenvalue weighted by Gasteiger charge is 2.18. The SMILES string of the molecule is CC1CCCN(c2cc(C(=O)Nc3ccccc3Br)ccn2)C1. The molecule has 1 fully saturated rings. The van der Waals surface area contributed by atoms with Crippen LogP contribution in [0.3, 0.4) is 0 Å². The second kappa shape index (κ2) is 7.13. The molecule has 0 saturated carbocycles. The monoisotopic (exact) mass is 373 g/mol. The zero-order valence-electron chi connectivity index (χ0n) is 13.1. The number of nitrogens with one attached hydrogen (secondary N) is 1. The lowest BCUT2D eigenvalue weighted by Crippen LogP contribution is -2.34. The molecular weight excluding hydrogens is 354 g/mol. The fraction of sp³-hybridized carbons (Fsp3) is 0.333. The number of piperidine rings is 1. The Bertz CT molecular complexity index is 704. The van der Waals surface area contributed by atoms with Gasteiger partial charge in [0, 0.05) is 29.3 Å². The summed E-state index contributed by atoms with van der Waals surface area (Å²) in [6, 6.07) is 11.2. The molecule has 1 atom stereocenters.